The zero-order valence-electron chi connectivity index (χ0n) is 17.5. The van der Waals surface area contributed by atoms with Crippen molar-refractivity contribution in [3.8, 4) is 5.75 Å². The molecule has 2 aromatic rings. The molecule has 1 heterocycles. The van der Waals surface area contributed by atoms with Gasteiger partial charge in [0.05, 0.1) is 11.9 Å². The van der Waals surface area contributed by atoms with E-state index in [0.29, 0.717) is 22.9 Å². The van der Waals surface area contributed by atoms with E-state index in [2.05, 4.69) is 18.4 Å². The topological polar surface area (TPSA) is 68.6 Å². The summed E-state index contributed by atoms with van der Waals surface area (Å²) in [6.45, 7) is 9.20. The molecular weight excluding hydrogens is 376 g/mol. The third-order valence-electron chi connectivity index (χ3n) is 4.87. The van der Waals surface area contributed by atoms with Gasteiger partial charge in [-0.25, -0.2) is 8.42 Å². The van der Waals surface area contributed by atoms with Crippen LogP contribution in [0.2, 0.25) is 0 Å². The molecule has 6 nitrogen and oxygen atoms in total. The second-order valence-corrected chi connectivity index (χ2v) is 9.57. The van der Waals surface area contributed by atoms with Crippen molar-refractivity contribution in [2.45, 2.75) is 40.7 Å². The summed E-state index contributed by atoms with van der Waals surface area (Å²) in [5.41, 5.74) is 3.27. The van der Waals surface area contributed by atoms with Gasteiger partial charge in [0.1, 0.15) is 5.75 Å². The number of hydrogen-bond donors (Lipinski definition) is 0. The number of rotatable bonds is 9. The molecule has 0 aliphatic heterocycles. The van der Waals surface area contributed by atoms with E-state index in [9.17, 15) is 13.2 Å². The fourth-order valence-corrected chi connectivity index (χ4v) is 3.49. The highest BCUT2D eigenvalue weighted by atomic mass is 32.2. The number of nitrogens with zero attached hydrogens (tertiary/aromatic N) is 2. The molecule has 0 amide bonds. The third kappa shape index (κ3) is 5.38. The Hall–Kier alpha value is -2.28. The molecule has 0 saturated carbocycles. The monoisotopic (exact) mass is 406 g/mol. The summed E-state index contributed by atoms with van der Waals surface area (Å²) in [6.07, 6.45) is 2.21. The summed E-state index contributed by atoms with van der Waals surface area (Å²) < 4.78 is 32.2. The van der Waals surface area contributed by atoms with E-state index in [-0.39, 0.29) is 12.4 Å². The van der Waals surface area contributed by atoms with Crippen molar-refractivity contribution < 1.29 is 17.9 Å². The molecule has 0 fully saturated rings. The molecule has 1 aromatic carbocycles. The fourth-order valence-electron chi connectivity index (χ4n) is 2.99. The Morgan fingerprint density at radius 3 is 2.32 bits per heavy atom. The average molecular weight is 407 g/mol. The Morgan fingerprint density at radius 1 is 1.18 bits per heavy atom. The summed E-state index contributed by atoms with van der Waals surface area (Å²) in [6, 6.07) is 8.55. The Bertz CT molecular complexity index is 928. The first-order valence-electron chi connectivity index (χ1n) is 9.37. The van der Waals surface area contributed by atoms with Crippen molar-refractivity contribution in [2.75, 3.05) is 24.2 Å². The highest BCUT2D eigenvalue weighted by molar-refractivity contribution is 7.92. The molecule has 28 heavy (non-hydrogen) atoms. The number of carbonyl (C=O) groups is 1. The zero-order valence-corrected chi connectivity index (χ0v) is 18.3. The first kappa shape index (κ1) is 22.0. The summed E-state index contributed by atoms with van der Waals surface area (Å²) >= 11 is 0. The number of ether oxygens (including phenoxy) is 1. The second kappa shape index (κ2) is 8.82. The number of aromatic nitrogens is 1. The first-order chi connectivity index (χ1) is 13.0. The molecule has 0 aliphatic rings. The van der Waals surface area contributed by atoms with Gasteiger partial charge in [0, 0.05) is 30.5 Å². The van der Waals surface area contributed by atoms with Crippen LogP contribution in [0.5, 0.6) is 5.75 Å². The maximum Gasteiger partial charge on any atom is 0.231 e. The zero-order chi connectivity index (χ0) is 21.1. The number of hydrogen-bond acceptors (Lipinski definition) is 4. The van der Waals surface area contributed by atoms with Crippen LogP contribution >= 0.6 is 0 Å². The second-order valence-electron chi connectivity index (χ2n) is 7.56. The molecule has 154 valence electrons. The molecule has 0 radical (unpaired) electrons. The molecule has 0 N–H and O–H groups in total. The molecule has 2 rings (SSSR count). The van der Waals surface area contributed by atoms with Gasteiger partial charge in [0.2, 0.25) is 15.8 Å². The molecule has 0 aliphatic carbocycles. The van der Waals surface area contributed by atoms with E-state index in [0.717, 1.165) is 30.6 Å². The van der Waals surface area contributed by atoms with E-state index < -0.39 is 10.0 Å². The van der Waals surface area contributed by atoms with Crippen molar-refractivity contribution in [3.05, 3.63) is 47.3 Å². The lowest BCUT2D eigenvalue weighted by Crippen LogP contribution is -2.24. The van der Waals surface area contributed by atoms with Gasteiger partial charge < -0.3 is 9.30 Å². The van der Waals surface area contributed by atoms with Crippen molar-refractivity contribution >= 4 is 21.5 Å². The minimum absolute atomic E-state index is 0.0598. The van der Waals surface area contributed by atoms with Gasteiger partial charge in [-0.1, -0.05) is 13.8 Å². The van der Waals surface area contributed by atoms with Crippen LogP contribution in [0.4, 0.5) is 5.69 Å². The maximum absolute atomic E-state index is 12.6. The fraction of sp³-hybridized carbons (Fsp3) is 0.476. The Balaban J connectivity index is 2.03. The predicted molar refractivity (Wildman–Crippen MR) is 113 cm³/mol. The molecule has 0 bridgehead atoms. The van der Waals surface area contributed by atoms with E-state index in [1.807, 2.05) is 19.9 Å². The summed E-state index contributed by atoms with van der Waals surface area (Å²) in [5.74, 6) is 1.06. The summed E-state index contributed by atoms with van der Waals surface area (Å²) in [7, 11) is -1.82. The normalized spacial score (nSPS) is 11.7. The van der Waals surface area contributed by atoms with Gasteiger partial charge in [0.25, 0.3) is 0 Å². The van der Waals surface area contributed by atoms with Crippen molar-refractivity contribution in [3.63, 3.8) is 0 Å². The van der Waals surface area contributed by atoms with Gasteiger partial charge >= 0.3 is 0 Å². The van der Waals surface area contributed by atoms with Crippen LogP contribution in [0, 0.1) is 19.8 Å². The van der Waals surface area contributed by atoms with Crippen LogP contribution in [-0.4, -0.2) is 38.7 Å². The SMILES string of the molecule is Cc1cc(C(=O)COc2ccc(N(C)S(C)(=O)=O)cc2)c(C)n1CCC(C)C. The number of anilines is 1. The van der Waals surface area contributed by atoms with Crippen LogP contribution in [0.25, 0.3) is 0 Å². The smallest absolute Gasteiger partial charge is 0.231 e. The first-order valence-corrected chi connectivity index (χ1v) is 11.2. The molecule has 0 saturated heterocycles. The van der Waals surface area contributed by atoms with Crippen LogP contribution in [0.3, 0.4) is 0 Å². The van der Waals surface area contributed by atoms with E-state index >= 15 is 0 Å². The van der Waals surface area contributed by atoms with E-state index in [1.165, 1.54) is 11.4 Å². The van der Waals surface area contributed by atoms with E-state index in [1.54, 1.807) is 24.3 Å². The van der Waals surface area contributed by atoms with Crippen LogP contribution in [-0.2, 0) is 16.6 Å². The number of aryl methyl sites for hydroxylation is 1. The van der Waals surface area contributed by atoms with Crippen LogP contribution in [0.15, 0.2) is 30.3 Å². The predicted octanol–water partition coefficient (Wildman–Crippen LogP) is 3.81. The highest BCUT2D eigenvalue weighted by Gasteiger charge is 2.17. The summed E-state index contributed by atoms with van der Waals surface area (Å²) in [5, 5.41) is 0. The molecule has 0 unspecified atom stereocenters. The Labute approximate surface area is 168 Å². The number of Topliss-reactive ketones (excluding diaryl/α,β-unsaturated/α-hetero) is 1. The number of benzene rings is 1. The molecule has 7 heteroatoms. The molecule has 1 aromatic heterocycles. The number of sulfonamides is 1. The lowest BCUT2D eigenvalue weighted by molar-refractivity contribution is 0.0921. The van der Waals surface area contributed by atoms with Crippen LogP contribution in [0.1, 0.15) is 42.0 Å². The van der Waals surface area contributed by atoms with Crippen molar-refractivity contribution in [1.29, 1.82) is 0 Å². The standard InChI is InChI=1S/C21H30N2O4S/c1-15(2)11-12-23-16(3)13-20(17(23)4)21(24)14-27-19-9-7-18(8-10-19)22(5)28(6,25)26/h7-10,13,15H,11-12,14H2,1-6H3. The highest BCUT2D eigenvalue weighted by Crippen LogP contribution is 2.21. The molecular formula is C21H30N2O4S. The summed E-state index contributed by atoms with van der Waals surface area (Å²) in [4.78, 5) is 12.6. The van der Waals surface area contributed by atoms with Crippen molar-refractivity contribution in [2.24, 2.45) is 5.92 Å². The van der Waals surface area contributed by atoms with Gasteiger partial charge in [-0.3, -0.25) is 9.10 Å². The average Bonchev–Trinajstić information content (AvgIpc) is 2.91. The maximum atomic E-state index is 12.6. The number of carbonyl (C=O) groups excluding carboxylic acids is 1. The lowest BCUT2D eigenvalue weighted by Gasteiger charge is -2.16. The minimum Gasteiger partial charge on any atom is -0.485 e. The quantitative estimate of drug-likeness (QED) is 0.594. The van der Waals surface area contributed by atoms with Gasteiger partial charge in [-0.15, -0.1) is 0 Å². The largest absolute Gasteiger partial charge is 0.485 e. The molecule has 0 spiro atoms. The lowest BCUT2D eigenvalue weighted by atomic mass is 10.1. The molecule has 0 atom stereocenters. The van der Waals surface area contributed by atoms with Gasteiger partial charge in [-0.05, 0) is 56.5 Å². The Kier molecular flexibility index (Phi) is 6.93. The van der Waals surface area contributed by atoms with Crippen molar-refractivity contribution in [1.82, 2.24) is 4.57 Å². The van der Waals surface area contributed by atoms with Gasteiger partial charge in [0.15, 0.2) is 6.61 Å². The number of ketones is 1. The Morgan fingerprint density at radius 2 is 1.79 bits per heavy atom. The van der Waals surface area contributed by atoms with Gasteiger partial charge in [-0.2, -0.15) is 0 Å². The minimum atomic E-state index is -3.31. The third-order valence-corrected chi connectivity index (χ3v) is 6.08. The van der Waals surface area contributed by atoms with Crippen LogP contribution < -0.4 is 9.04 Å². The van der Waals surface area contributed by atoms with E-state index in [4.69, 9.17) is 4.74 Å².